The molecule has 106 valence electrons. The Bertz CT molecular complexity index is 400. The molecule has 0 bridgehead atoms. The van der Waals surface area contributed by atoms with E-state index in [0.29, 0.717) is 19.0 Å². The van der Waals surface area contributed by atoms with E-state index in [1.54, 1.807) is 12.4 Å². The second-order valence-corrected chi connectivity index (χ2v) is 4.63. The molecule has 1 aliphatic heterocycles. The van der Waals surface area contributed by atoms with Gasteiger partial charge >= 0.3 is 0 Å². The van der Waals surface area contributed by atoms with E-state index < -0.39 is 6.10 Å². The minimum atomic E-state index is -0.665. The van der Waals surface area contributed by atoms with Crippen LogP contribution in [0.2, 0.25) is 0 Å². The molecule has 1 saturated heterocycles. The largest absolute Gasteiger partial charge is 0.492 e. The van der Waals surface area contributed by atoms with Crippen LogP contribution < -0.4 is 4.74 Å². The molecular weight excluding hydrogens is 244 g/mol. The molecule has 0 aromatic carbocycles. The van der Waals surface area contributed by atoms with Crippen LogP contribution in [0.3, 0.4) is 0 Å². The van der Waals surface area contributed by atoms with E-state index in [2.05, 4.69) is 16.8 Å². The van der Waals surface area contributed by atoms with Crippen LogP contribution in [0.25, 0.3) is 0 Å². The van der Waals surface area contributed by atoms with E-state index in [1.165, 1.54) is 0 Å². The quantitative estimate of drug-likeness (QED) is 0.869. The average Bonchev–Trinajstić information content (AvgIpc) is 2.47. The van der Waals surface area contributed by atoms with Crippen LogP contribution in [0.5, 0.6) is 5.75 Å². The lowest BCUT2D eigenvalue weighted by Crippen LogP contribution is -2.44. The van der Waals surface area contributed by atoms with Crippen LogP contribution in [0.1, 0.15) is 25.5 Å². The first-order valence-electron chi connectivity index (χ1n) is 6.84. The normalized spacial score (nSPS) is 22.2. The van der Waals surface area contributed by atoms with Crippen LogP contribution in [-0.2, 0) is 4.74 Å². The van der Waals surface area contributed by atoms with E-state index in [0.717, 1.165) is 25.2 Å². The molecule has 2 unspecified atom stereocenters. The standard InChI is InChI=1S/C14H22N2O3/c1-3-16-5-6-19-13(10-16)14(17)11-7-12(18-4-2)9-15-8-11/h7-9,13-14,17H,3-6,10H2,1-2H3. The number of morpholine rings is 1. The number of aliphatic hydroxyl groups is 1. The van der Waals surface area contributed by atoms with Crippen LogP contribution >= 0.6 is 0 Å². The smallest absolute Gasteiger partial charge is 0.137 e. The second kappa shape index (κ2) is 6.84. The van der Waals surface area contributed by atoms with Crippen LogP contribution in [0.15, 0.2) is 18.5 Å². The molecule has 1 N–H and O–H groups in total. The van der Waals surface area contributed by atoms with E-state index >= 15 is 0 Å². The number of hydrogen-bond acceptors (Lipinski definition) is 5. The second-order valence-electron chi connectivity index (χ2n) is 4.63. The van der Waals surface area contributed by atoms with Crippen molar-refractivity contribution in [2.45, 2.75) is 26.1 Å². The highest BCUT2D eigenvalue weighted by Gasteiger charge is 2.27. The van der Waals surface area contributed by atoms with Crippen molar-refractivity contribution in [3.8, 4) is 5.75 Å². The third-order valence-electron chi connectivity index (χ3n) is 3.36. The molecule has 2 atom stereocenters. The number of rotatable bonds is 5. The van der Waals surface area contributed by atoms with Gasteiger partial charge in [0.05, 0.1) is 19.4 Å². The fourth-order valence-corrected chi connectivity index (χ4v) is 2.27. The third kappa shape index (κ3) is 3.65. The molecule has 0 radical (unpaired) electrons. The Hall–Kier alpha value is -1.17. The number of ether oxygens (including phenoxy) is 2. The summed E-state index contributed by atoms with van der Waals surface area (Å²) in [6, 6.07) is 1.83. The molecular formula is C14H22N2O3. The lowest BCUT2D eigenvalue weighted by atomic mass is 10.0. The Balaban J connectivity index is 2.05. The fourth-order valence-electron chi connectivity index (χ4n) is 2.27. The van der Waals surface area contributed by atoms with Crippen molar-refractivity contribution >= 4 is 0 Å². The Morgan fingerprint density at radius 1 is 1.53 bits per heavy atom. The van der Waals surface area contributed by atoms with Gasteiger partial charge < -0.3 is 14.6 Å². The maximum Gasteiger partial charge on any atom is 0.137 e. The highest BCUT2D eigenvalue weighted by atomic mass is 16.5. The molecule has 1 aromatic rings. The lowest BCUT2D eigenvalue weighted by Gasteiger charge is -2.34. The average molecular weight is 266 g/mol. The first-order valence-corrected chi connectivity index (χ1v) is 6.84. The van der Waals surface area contributed by atoms with Crippen molar-refractivity contribution in [1.82, 2.24) is 9.88 Å². The maximum atomic E-state index is 10.4. The minimum absolute atomic E-state index is 0.202. The molecule has 0 saturated carbocycles. The fraction of sp³-hybridized carbons (Fsp3) is 0.643. The van der Waals surface area contributed by atoms with Crippen LogP contribution in [0, 0.1) is 0 Å². The summed E-state index contributed by atoms with van der Waals surface area (Å²) in [7, 11) is 0. The summed E-state index contributed by atoms with van der Waals surface area (Å²) >= 11 is 0. The van der Waals surface area contributed by atoms with Gasteiger partial charge in [-0.05, 0) is 19.5 Å². The number of aromatic nitrogens is 1. The van der Waals surface area contributed by atoms with Gasteiger partial charge in [-0.3, -0.25) is 9.88 Å². The zero-order chi connectivity index (χ0) is 13.7. The molecule has 5 heteroatoms. The monoisotopic (exact) mass is 266 g/mol. The number of nitrogens with zero attached hydrogens (tertiary/aromatic N) is 2. The zero-order valence-electron chi connectivity index (χ0n) is 11.6. The third-order valence-corrected chi connectivity index (χ3v) is 3.36. The van der Waals surface area contributed by atoms with Gasteiger partial charge in [-0.15, -0.1) is 0 Å². The van der Waals surface area contributed by atoms with Crippen LogP contribution in [-0.4, -0.2) is 53.9 Å². The highest BCUT2D eigenvalue weighted by molar-refractivity contribution is 5.25. The number of pyridine rings is 1. The predicted molar refractivity (Wildman–Crippen MR) is 72.2 cm³/mol. The molecule has 2 rings (SSSR count). The minimum Gasteiger partial charge on any atom is -0.492 e. The number of hydrogen-bond donors (Lipinski definition) is 1. The first kappa shape index (κ1) is 14.2. The summed E-state index contributed by atoms with van der Waals surface area (Å²) in [4.78, 5) is 6.38. The summed E-state index contributed by atoms with van der Waals surface area (Å²) in [6.07, 6.45) is 2.45. The Morgan fingerprint density at radius 3 is 3.11 bits per heavy atom. The summed E-state index contributed by atoms with van der Waals surface area (Å²) < 4.78 is 11.1. The van der Waals surface area contributed by atoms with Gasteiger partial charge in [-0.1, -0.05) is 6.92 Å². The lowest BCUT2D eigenvalue weighted by molar-refractivity contribution is -0.0890. The molecule has 1 aliphatic rings. The SMILES string of the molecule is CCOc1cncc(C(O)C2CN(CC)CCO2)c1. The topological polar surface area (TPSA) is 54.8 Å². The van der Waals surface area contributed by atoms with Crippen molar-refractivity contribution in [3.63, 3.8) is 0 Å². The van der Waals surface area contributed by atoms with Crippen molar-refractivity contribution in [3.05, 3.63) is 24.0 Å². The Morgan fingerprint density at radius 2 is 2.37 bits per heavy atom. The van der Waals surface area contributed by atoms with E-state index in [9.17, 15) is 5.11 Å². The molecule has 1 fully saturated rings. The summed E-state index contributed by atoms with van der Waals surface area (Å²) in [6.45, 7) is 7.94. The predicted octanol–water partition coefficient (Wildman–Crippen LogP) is 1.23. The highest BCUT2D eigenvalue weighted by Crippen LogP contribution is 2.24. The van der Waals surface area contributed by atoms with E-state index in [4.69, 9.17) is 9.47 Å². The summed E-state index contributed by atoms with van der Waals surface area (Å²) in [5.41, 5.74) is 0.744. The zero-order valence-corrected chi connectivity index (χ0v) is 11.6. The molecule has 0 aliphatic carbocycles. The van der Waals surface area contributed by atoms with Gasteiger partial charge in [0, 0.05) is 24.8 Å². The molecule has 0 amide bonds. The maximum absolute atomic E-state index is 10.4. The Kier molecular flexibility index (Phi) is 5.13. The number of aliphatic hydroxyl groups excluding tert-OH is 1. The molecule has 2 heterocycles. The Labute approximate surface area is 114 Å². The number of likely N-dealkylation sites (N-methyl/N-ethyl adjacent to an activating group) is 1. The van der Waals surface area contributed by atoms with Crippen molar-refractivity contribution in [2.75, 3.05) is 32.8 Å². The van der Waals surface area contributed by atoms with Crippen LogP contribution in [0.4, 0.5) is 0 Å². The van der Waals surface area contributed by atoms with Gasteiger partial charge in [0.15, 0.2) is 0 Å². The van der Waals surface area contributed by atoms with Crippen molar-refractivity contribution < 1.29 is 14.6 Å². The molecule has 5 nitrogen and oxygen atoms in total. The molecule has 19 heavy (non-hydrogen) atoms. The first-order chi connectivity index (χ1) is 9.24. The van der Waals surface area contributed by atoms with Gasteiger partial charge in [-0.25, -0.2) is 0 Å². The van der Waals surface area contributed by atoms with Gasteiger partial charge in [-0.2, -0.15) is 0 Å². The van der Waals surface area contributed by atoms with Gasteiger partial charge in [0.25, 0.3) is 0 Å². The van der Waals surface area contributed by atoms with Crippen molar-refractivity contribution in [1.29, 1.82) is 0 Å². The van der Waals surface area contributed by atoms with E-state index in [-0.39, 0.29) is 6.10 Å². The molecule has 1 aromatic heterocycles. The van der Waals surface area contributed by atoms with Gasteiger partial charge in [0.2, 0.25) is 0 Å². The molecule has 0 spiro atoms. The summed E-state index contributed by atoms with van der Waals surface area (Å²) in [5.74, 6) is 0.683. The van der Waals surface area contributed by atoms with E-state index in [1.807, 2.05) is 13.0 Å². The summed E-state index contributed by atoms with van der Waals surface area (Å²) in [5, 5.41) is 10.4. The van der Waals surface area contributed by atoms with Crippen molar-refractivity contribution in [2.24, 2.45) is 0 Å². The van der Waals surface area contributed by atoms with Gasteiger partial charge in [0.1, 0.15) is 18.0 Å².